The maximum absolute atomic E-state index is 12.3. The van der Waals surface area contributed by atoms with Gasteiger partial charge in [-0.05, 0) is 37.6 Å². The van der Waals surface area contributed by atoms with Crippen molar-refractivity contribution in [2.75, 3.05) is 5.32 Å². The lowest BCUT2D eigenvalue weighted by atomic mass is 10.2. The molecule has 0 saturated heterocycles. The van der Waals surface area contributed by atoms with Crippen molar-refractivity contribution in [3.05, 3.63) is 58.9 Å². The predicted molar refractivity (Wildman–Crippen MR) is 90.9 cm³/mol. The highest BCUT2D eigenvalue weighted by Gasteiger charge is 2.14. The lowest BCUT2D eigenvalue weighted by Crippen LogP contribution is -2.32. The van der Waals surface area contributed by atoms with Gasteiger partial charge in [0, 0.05) is 17.8 Å². The van der Waals surface area contributed by atoms with Crippen LogP contribution in [0.3, 0.4) is 0 Å². The average molecular weight is 332 g/mol. The molecule has 2 amide bonds. The van der Waals surface area contributed by atoms with Crippen molar-refractivity contribution in [1.82, 2.24) is 10.3 Å². The first-order valence-corrected chi connectivity index (χ1v) is 7.72. The Morgan fingerprint density at radius 3 is 2.65 bits per heavy atom. The van der Waals surface area contributed by atoms with Crippen LogP contribution in [0, 0.1) is 0 Å². The van der Waals surface area contributed by atoms with Crippen LogP contribution in [0.4, 0.5) is 5.69 Å². The highest BCUT2D eigenvalue weighted by atomic mass is 35.5. The van der Waals surface area contributed by atoms with E-state index in [0.29, 0.717) is 16.3 Å². The molecule has 0 aliphatic carbocycles. The van der Waals surface area contributed by atoms with Crippen molar-refractivity contribution in [3.8, 4) is 0 Å². The number of para-hydroxylation sites is 1. The third-order valence-corrected chi connectivity index (χ3v) is 3.70. The summed E-state index contributed by atoms with van der Waals surface area (Å²) in [5.41, 5.74) is 1.04. The normalized spacial score (nSPS) is 11.6. The summed E-state index contributed by atoms with van der Waals surface area (Å²) in [5, 5.41) is 5.97. The number of benzene rings is 1. The summed E-state index contributed by atoms with van der Waals surface area (Å²) in [6.45, 7) is 3.91. The minimum atomic E-state index is -0.420. The van der Waals surface area contributed by atoms with Crippen LogP contribution in [-0.4, -0.2) is 22.8 Å². The van der Waals surface area contributed by atoms with Crippen LogP contribution in [0.2, 0.25) is 5.02 Å². The van der Waals surface area contributed by atoms with Crippen molar-refractivity contribution >= 4 is 29.1 Å². The summed E-state index contributed by atoms with van der Waals surface area (Å²) in [5.74, 6) is -0.648. The zero-order valence-corrected chi connectivity index (χ0v) is 13.7. The zero-order chi connectivity index (χ0) is 16.8. The fourth-order valence-corrected chi connectivity index (χ4v) is 2.04. The van der Waals surface area contributed by atoms with Gasteiger partial charge in [-0.2, -0.15) is 0 Å². The van der Waals surface area contributed by atoms with E-state index < -0.39 is 5.91 Å². The number of rotatable bonds is 5. The number of hydrogen-bond donors (Lipinski definition) is 2. The standard InChI is InChI=1S/C17H18ClN3O2/c1-3-11(2)20-16(22)12-8-9-19-15(10-12)17(23)21-14-7-5-4-6-13(14)18/h4-11H,3H2,1-2H3,(H,20,22)(H,21,23). The Balaban J connectivity index is 2.14. The smallest absolute Gasteiger partial charge is 0.274 e. The number of carbonyl (C=O) groups is 2. The van der Waals surface area contributed by atoms with Crippen molar-refractivity contribution in [3.63, 3.8) is 0 Å². The molecule has 1 aromatic carbocycles. The quantitative estimate of drug-likeness (QED) is 0.880. The van der Waals surface area contributed by atoms with Crippen LogP contribution in [-0.2, 0) is 0 Å². The molecule has 0 saturated carbocycles. The first-order chi connectivity index (χ1) is 11.0. The molecule has 0 bridgehead atoms. The summed E-state index contributed by atoms with van der Waals surface area (Å²) < 4.78 is 0. The number of halogens is 1. The molecule has 0 radical (unpaired) electrons. The molecule has 0 aliphatic rings. The van der Waals surface area contributed by atoms with Gasteiger partial charge in [-0.15, -0.1) is 0 Å². The molecule has 2 rings (SSSR count). The van der Waals surface area contributed by atoms with E-state index in [0.717, 1.165) is 6.42 Å². The predicted octanol–water partition coefficient (Wildman–Crippen LogP) is 3.52. The molecule has 0 fully saturated rings. The first-order valence-electron chi connectivity index (χ1n) is 7.34. The van der Waals surface area contributed by atoms with E-state index in [9.17, 15) is 9.59 Å². The van der Waals surface area contributed by atoms with Crippen LogP contribution in [0.1, 0.15) is 41.1 Å². The maximum atomic E-state index is 12.3. The molecule has 2 aromatic rings. The van der Waals surface area contributed by atoms with Gasteiger partial charge in [0.1, 0.15) is 5.69 Å². The van der Waals surface area contributed by atoms with Crippen LogP contribution in [0.5, 0.6) is 0 Å². The van der Waals surface area contributed by atoms with Crippen LogP contribution in [0.25, 0.3) is 0 Å². The van der Waals surface area contributed by atoms with Crippen molar-refractivity contribution in [1.29, 1.82) is 0 Å². The second kappa shape index (κ2) is 7.74. The van der Waals surface area contributed by atoms with Crippen LogP contribution >= 0.6 is 11.6 Å². The van der Waals surface area contributed by atoms with E-state index in [1.165, 1.54) is 12.3 Å². The molecule has 1 unspecified atom stereocenters. The van der Waals surface area contributed by atoms with Gasteiger partial charge in [0.2, 0.25) is 0 Å². The highest BCUT2D eigenvalue weighted by molar-refractivity contribution is 6.33. The van der Waals surface area contributed by atoms with Gasteiger partial charge >= 0.3 is 0 Å². The van der Waals surface area contributed by atoms with Crippen molar-refractivity contribution in [2.45, 2.75) is 26.3 Å². The summed E-state index contributed by atoms with van der Waals surface area (Å²) in [7, 11) is 0. The van der Waals surface area contributed by atoms with Gasteiger partial charge in [-0.25, -0.2) is 0 Å². The molecule has 0 aliphatic heterocycles. The molecule has 120 valence electrons. The molecule has 23 heavy (non-hydrogen) atoms. The average Bonchev–Trinajstić information content (AvgIpc) is 2.56. The third kappa shape index (κ3) is 4.53. The molecule has 6 heteroatoms. The number of nitrogens with one attached hydrogen (secondary N) is 2. The Labute approximate surface area is 140 Å². The Kier molecular flexibility index (Phi) is 5.71. The fourth-order valence-electron chi connectivity index (χ4n) is 1.85. The lowest BCUT2D eigenvalue weighted by Gasteiger charge is -2.12. The topological polar surface area (TPSA) is 71.1 Å². The van der Waals surface area contributed by atoms with Gasteiger partial charge < -0.3 is 10.6 Å². The zero-order valence-electron chi connectivity index (χ0n) is 13.0. The number of pyridine rings is 1. The van der Waals surface area contributed by atoms with E-state index in [4.69, 9.17) is 11.6 Å². The molecular weight excluding hydrogens is 314 g/mol. The Morgan fingerprint density at radius 2 is 1.96 bits per heavy atom. The largest absolute Gasteiger partial charge is 0.350 e. The van der Waals surface area contributed by atoms with Gasteiger partial charge in [0.15, 0.2) is 0 Å². The van der Waals surface area contributed by atoms with E-state index in [1.54, 1.807) is 30.3 Å². The Hall–Kier alpha value is -2.40. The van der Waals surface area contributed by atoms with E-state index in [2.05, 4.69) is 15.6 Å². The molecule has 1 atom stereocenters. The van der Waals surface area contributed by atoms with E-state index in [1.807, 2.05) is 13.8 Å². The Morgan fingerprint density at radius 1 is 1.22 bits per heavy atom. The molecule has 1 heterocycles. The first kappa shape index (κ1) is 17.0. The number of amides is 2. The summed E-state index contributed by atoms with van der Waals surface area (Å²) >= 11 is 6.01. The molecule has 1 aromatic heterocycles. The van der Waals surface area contributed by atoms with Gasteiger partial charge in [-0.3, -0.25) is 14.6 Å². The fraction of sp³-hybridized carbons (Fsp3) is 0.235. The van der Waals surface area contributed by atoms with Gasteiger partial charge in [-0.1, -0.05) is 30.7 Å². The van der Waals surface area contributed by atoms with E-state index in [-0.39, 0.29) is 17.6 Å². The number of aromatic nitrogens is 1. The summed E-state index contributed by atoms with van der Waals surface area (Å²) in [6.07, 6.45) is 2.27. The summed E-state index contributed by atoms with van der Waals surface area (Å²) in [4.78, 5) is 28.4. The molecular formula is C17H18ClN3O2. The second-order valence-electron chi connectivity index (χ2n) is 5.15. The minimum absolute atomic E-state index is 0.0658. The van der Waals surface area contributed by atoms with Crippen LogP contribution in [0.15, 0.2) is 42.6 Å². The van der Waals surface area contributed by atoms with Crippen molar-refractivity contribution < 1.29 is 9.59 Å². The summed E-state index contributed by atoms with van der Waals surface area (Å²) in [6, 6.07) is 10.0. The number of nitrogens with zero attached hydrogens (tertiary/aromatic N) is 1. The third-order valence-electron chi connectivity index (χ3n) is 3.37. The highest BCUT2D eigenvalue weighted by Crippen LogP contribution is 2.21. The minimum Gasteiger partial charge on any atom is -0.350 e. The monoisotopic (exact) mass is 331 g/mol. The Bertz CT molecular complexity index is 718. The number of anilines is 1. The SMILES string of the molecule is CCC(C)NC(=O)c1ccnc(C(=O)Nc2ccccc2Cl)c1. The van der Waals surface area contributed by atoms with Crippen molar-refractivity contribution in [2.24, 2.45) is 0 Å². The van der Waals surface area contributed by atoms with E-state index >= 15 is 0 Å². The number of hydrogen-bond acceptors (Lipinski definition) is 3. The van der Waals surface area contributed by atoms with Gasteiger partial charge in [0.05, 0.1) is 10.7 Å². The maximum Gasteiger partial charge on any atom is 0.274 e. The molecule has 5 nitrogen and oxygen atoms in total. The molecule has 0 spiro atoms. The van der Waals surface area contributed by atoms with Gasteiger partial charge in [0.25, 0.3) is 11.8 Å². The number of carbonyl (C=O) groups excluding carboxylic acids is 2. The molecule has 2 N–H and O–H groups in total. The second-order valence-corrected chi connectivity index (χ2v) is 5.55. The van der Waals surface area contributed by atoms with Crippen LogP contribution < -0.4 is 10.6 Å². The lowest BCUT2D eigenvalue weighted by molar-refractivity contribution is 0.0939.